The zero-order valence-corrected chi connectivity index (χ0v) is 11.9. The van der Waals surface area contributed by atoms with Crippen molar-refractivity contribution in [1.82, 2.24) is 0 Å². The summed E-state index contributed by atoms with van der Waals surface area (Å²) in [6.07, 6.45) is 0.353. The van der Waals surface area contributed by atoms with Gasteiger partial charge in [-0.05, 0) is 41.3 Å². The highest BCUT2D eigenvalue weighted by Crippen LogP contribution is 2.18. The molecule has 3 heteroatoms. The second kappa shape index (κ2) is 6.24. The molecule has 0 aliphatic heterocycles. The van der Waals surface area contributed by atoms with Crippen molar-refractivity contribution in [2.75, 3.05) is 11.1 Å². The quantitative estimate of drug-likeness (QED) is 0.833. The molecule has 0 spiro atoms. The Morgan fingerprint density at radius 3 is 2.50 bits per heavy atom. The molecule has 0 atom stereocenters. The lowest BCUT2D eigenvalue weighted by Gasteiger charge is -2.09. The second-order valence-corrected chi connectivity index (χ2v) is 5.25. The maximum absolute atomic E-state index is 12.0. The standard InChI is InChI=1S/C17H20N2O/c1-12(2)14-4-3-5-16(11-14)19-17(20)10-13-6-8-15(18)9-7-13/h3-9,11-12H,10,18H2,1-2H3,(H,19,20). The monoisotopic (exact) mass is 268 g/mol. The van der Waals surface area contributed by atoms with E-state index in [2.05, 4.69) is 25.2 Å². The Morgan fingerprint density at radius 1 is 1.15 bits per heavy atom. The highest BCUT2D eigenvalue weighted by Gasteiger charge is 2.05. The molecule has 0 saturated carbocycles. The molecule has 2 aromatic carbocycles. The lowest BCUT2D eigenvalue weighted by atomic mass is 10.0. The number of hydrogen-bond acceptors (Lipinski definition) is 2. The number of carbonyl (C=O) groups is 1. The number of anilines is 2. The molecular weight excluding hydrogens is 248 g/mol. The van der Waals surface area contributed by atoms with E-state index in [0.29, 0.717) is 18.0 Å². The van der Waals surface area contributed by atoms with E-state index in [0.717, 1.165) is 11.3 Å². The molecular formula is C17H20N2O. The SMILES string of the molecule is CC(C)c1cccc(NC(=O)Cc2ccc(N)cc2)c1. The third-order valence-corrected chi connectivity index (χ3v) is 3.18. The van der Waals surface area contributed by atoms with Crippen molar-refractivity contribution in [3.63, 3.8) is 0 Å². The van der Waals surface area contributed by atoms with Crippen LogP contribution in [0.3, 0.4) is 0 Å². The van der Waals surface area contributed by atoms with Crippen molar-refractivity contribution in [1.29, 1.82) is 0 Å². The summed E-state index contributed by atoms with van der Waals surface area (Å²) in [6, 6.07) is 15.3. The van der Waals surface area contributed by atoms with Crippen LogP contribution in [0.5, 0.6) is 0 Å². The summed E-state index contributed by atoms with van der Waals surface area (Å²) in [6.45, 7) is 4.27. The molecule has 0 radical (unpaired) electrons. The van der Waals surface area contributed by atoms with E-state index in [1.54, 1.807) is 0 Å². The zero-order chi connectivity index (χ0) is 14.5. The number of carbonyl (C=O) groups excluding carboxylic acids is 1. The highest BCUT2D eigenvalue weighted by atomic mass is 16.1. The normalized spacial score (nSPS) is 10.6. The van der Waals surface area contributed by atoms with Crippen LogP contribution >= 0.6 is 0 Å². The van der Waals surface area contributed by atoms with Gasteiger partial charge in [0.1, 0.15) is 0 Å². The lowest BCUT2D eigenvalue weighted by molar-refractivity contribution is -0.115. The van der Waals surface area contributed by atoms with E-state index >= 15 is 0 Å². The first kappa shape index (κ1) is 14.1. The molecule has 104 valence electrons. The molecule has 3 nitrogen and oxygen atoms in total. The molecule has 2 rings (SSSR count). The third-order valence-electron chi connectivity index (χ3n) is 3.18. The van der Waals surface area contributed by atoms with Crippen molar-refractivity contribution in [2.24, 2.45) is 0 Å². The van der Waals surface area contributed by atoms with Gasteiger partial charge in [0.05, 0.1) is 6.42 Å². The molecule has 0 heterocycles. The fourth-order valence-corrected chi connectivity index (χ4v) is 2.00. The number of nitrogen functional groups attached to an aromatic ring is 1. The average Bonchev–Trinajstić information content (AvgIpc) is 2.41. The van der Waals surface area contributed by atoms with Crippen LogP contribution in [0.4, 0.5) is 11.4 Å². The molecule has 2 aromatic rings. The van der Waals surface area contributed by atoms with Crippen molar-refractivity contribution < 1.29 is 4.79 Å². The molecule has 0 unspecified atom stereocenters. The predicted molar refractivity (Wildman–Crippen MR) is 83.7 cm³/mol. The summed E-state index contributed by atoms with van der Waals surface area (Å²) in [5.41, 5.74) is 9.35. The number of benzene rings is 2. The second-order valence-electron chi connectivity index (χ2n) is 5.25. The minimum atomic E-state index is -0.0179. The van der Waals surface area contributed by atoms with Gasteiger partial charge in [0.25, 0.3) is 0 Å². The van der Waals surface area contributed by atoms with Crippen LogP contribution in [0.25, 0.3) is 0 Å². The van der Waals surface area contributed by atoms with E-state index < -0.39 is 0 Å². The van der Waals surface area contributed by atoms with E-state index in [1.807, 2.05) is 42.5 Å². The maximum Gasteiger partial charge on any atom is 0.228 e. The van der Waals surface area contributed by atoms with E-state index in [-0.39, 0.29) is 5.91 Å². The molecule has 0 aromatic heterocycles. The van der Waals surface area contributed by atoms with Crippen LogP contribution in [-0.4, -0.2) is 5.91 Å². The van der Waals surface area contributed by atoms with Gasteiger partial charge in [-0.2, -0.15) is 0 Å². The topological polar surface area (TPSA) is 55.1 Å². The molecule has 1 amide bonds. The summed E-state index contributed by atoms with van der Waals surface area (Å²) < 4.78 is 0. The first-order chi connectivity index (χ1) is 9.54. The van der Waals surface area contributed by atoms with Crippen LogP contribution in [-0.2, 0) is 11.2 Å². The van der Waals surface area contributed by atoms with E-state index in [4.69, 9.17) is 5.73 Å². The summed E-state index contributed by atoms with van der Waals surface area (Å²) in [5.74, 6) is 0.430. The van der Waals surface area contributed by atoms with Gasteiger partial charge in [-0.25, -0.2) is 0 Å². The maximum atomic E-state index is 12.0. The predicted octanol–water partition coefficient (Wildman–Crippen LogP) is 3.57. The molecule has 0 saturated heterocycles. The average molecular weight is 268 g/mol. The van der Waals surface area contributed by atoms with Crippen LogP contribution in [0.15, 0.2) is 48.5 Å². The largest absolute Gasteiger partial charge is 0.399 e. The highest BCUT2D eigenvalue weighted by molar-refractivity contribution is 5.92. The van der Waals surface area contributed by atoms with Gasteiger partial charge in [0.15, 0.2) is 0 Å². The number of hydrogen-bond donors (Lipinski definition) is 2. The summed E-state index contributed by atoms with van der Waals surface area (Å²) in [7, 11) is 0. The van der Waals surface area contributed by atoms with E-state index in [9.17, 15) is 4.79 Å². The van der Waals surface area contributed by atoms with Gasteiger partial charge >= 0.3 is 0 Å². The Kier molecular flexibility index (Phi) is 4.41. The number of rotatable bonds is 4. The Balaban J connectivity index is 2.01. The smallest absolute Gasteiger partial charge is 0.228 e. The van der Waals surface area contributed by atoms with Crippen molar-refractivity contribution in [3.05, 3.63) is 59.7 Å². The Morgan fingerprint density at radius 2 is 1.85 bits per heavy atom. The summed E-state index contributed by atoms with van der Waals surface area (Å²) >= 11 is 0. The molecule has 20 heavy (non-hydrogen) atoms. The first-order valence-corrected chi connectivity index (χ1v) is 6.79. The Labute approximate surface area is 119 Å². The molecule has 0 aliphatic rings. The van der Waals surface area contributed by atoms with Crippen LogP contribution in [0.2, 0.25) is 0 Å². The Hall–Kier alpha value is -2.29. The van der Waals surface area contributed by atoms with Crippen molar-refractivity contribution >= 4 is 17.3 Å². The van der Waals surface area contributed by atoms with Gasteiger partial charge < -0.3 is 11.1 Å². The van der Waals surface area contributed by atoms with Gasteiger partial charge in [-0.15, -0.1) is 0 Å². The molecule has 0 fully saturated rings. The van der Waals surface area contributed by atoms with E-state index in [1.165, 1.54) is 5.56 Å². The van der Waals surface area contributed by atoms with Crippen molar-refractivity contribution in [3.8, 4) is 0 Å². The third kappa shape index (κ3) is 3.85. The minimum absolute atomic E-state index is 0.0179. The molecule has 0 bridgehead atoms. The fourth-order valence-electron chi connectivity index (χ4n) is 2.00. The van der Waals surface area contributed by atoms with Gasteiger partial charge in [0.2, 0.25) is 5.91 Å². The summed E-state index contributed by atoms with van der Waals surface area (Å²) in [4.78, 5) is 12.0. The Bertz CT molecular complexity index is 588. The summed E-state index contributed by atoms with van der Waals surface area (Å²) in [5, 5.41) is 2.93. The van der Waals surface area contributed by atoms with Crippen LogP contribution in [0, 0.1) is 0 Å². The van der Waals surface area contributed by atoms with Gasteiger partial charge in [-0.1, -0.05) is 38.1 Å². The first-order valence-electron chi connectivity index (χ1n) is 6.79. The van der Waals surface area contributed by atoms with Crippen molar-refractivity contribution in [2.45, 2.75) is 26.2 Å². The fraction of sp³-hybridized carbons (Fsp3) is 0.235. The number of nitrogens with one attached hydrogen (secondary N) is 1. The number of nitrogens with two attached hydrogens (primary N) is 1. The zero-order valence-electron chi connectivity index (χ0n) is 11.9. The van der Waals surface area contributed by atoms with Crippen LogP contribution in [0.1, 0.15) is 30.9 Å². The van der Waals surface area contributed by atoms with Gasteiger partial charge in [0, 0.05) is 11.4 Å². The minimum Gasteiger partial charge on any atom is -0.399 e. The van der Waals surface area contributed by atoms with Crippen LogP contribution < -0.4 is 11.1 Å². The number of amides is 1. The molecule has 3 N–H and O–H groups in total. The van der Waals surface area contributed by atoms with Gasteiger partial charge in [-0.3, -0.25) is 4.79 Å². The molecule has 0 aliphatic carbocycles. The lowest BCUT2D eigenvalue weighted by Crippen LogP contribution is -2.14.